The highest BCUT2D eigenvalue weighted by atomic mass is 32.2. The SMILES string of the molecule is Cc1ccc(Cn2c(=O)c3ccccc3n3c(SCC(=O)NC(C)C(C)C)nnc23)cc1. The minimum absolute atomic E-state index is 0.0507. The molecule has 1 unspecified atom stereocenters. The first-order valence-electron chi connectivity index (χ1n) is 10.7. The quantitative estimate of drug-likeness (QED) is 0.436. The normalized spacial score (nSPS) is 12.5. The van der Waals surface area contributed by atoms with Gasteiger partial charge in [-0.05, 0) is 37.5 Å². The van der Waals surface area contributed by atoms with E-state index in [0.29, 0.717) is 28.8 Å². The average Bonchev–Trinajstić information content (AvgIpc) is 3.20. The minimum Gasteiger partial charge on any atom is -0.353 e. The van der Waals surface area contributed by atoms with Gasteiger partial charge in [0, 0.05) is 6.04 Å². The minimum atomic E-state index is -0.110. The lowest BCUT2D eigenvalue weighted by Gasteiger charge is -2.17. The van der Waals surface area contributed by atoms with E-state index in [1.54, 1.807) is 4.57 Å². The number of nitrogens with one attached hydrogen (secondary N) is 1. The van der Waals surface area contributed by atoms with Crippen LogP contribution in [0.1, 0.15) is 31.9 Å². The maximum Gasteiger partial charge on any atom is 0.263 e. The van der Waals surface area contributed by atoms with Gasteiger partial charge in [-0.1, -0.05) is 67.6 Å². The largest absolute Gasteiger partial charge is 0.353 e. The molecule has 0 bridgehead atoms. The van der Waals surface area contributed by atoms with E-state index in [1.165, 1.54) is 11.8 Å². The summed E-state index contributed by atoms with van der Waals surface area (Å²) < 4.78 is 3.51. The Bertz CT molecular complexity index is 1320. The van der Waals surface area contributed by atoms with Crippen LogP contribution in [0.5, 0.6) is 0 Å². The Morgan fingerprint density at radius 1 is 1.06 bits per heavy atom. The third-order valence-electron chi connectivity index (χ3n) is 5.66. The fraction of sp³-hybridized carbons (Fsp3) is 0.333. The lowest BCUT2D eigenvalue weighted by atomic mass is 10.1. The molecule has 2 aromatic heterocycles. The van der Waals surface area contributed by atoms with E-state index in [0.717, 1.165) is 16.6 Å². The summed E-state index contributed by atoms with van der Waals surface area (Å²) >= 11 is 1.32. The molecule has 0 spiro atoms. The Balaban J connectivity index is 1.73. The monoisotopic (exact) mass is 449 g/mol. The van der Waals surface area contributed by atoms with Gasteiger partial charge in [0.05, 0.1) is 23.2 Å². The molecule has 7 nitrogen and oxygen atoms in total. The highest BCUT2D eigenvalue weighted by Crippen LogP contribution is 2.22. The van der Waals surface area contributed by atoms with Crippen molar-refractivity contribution < 1.29 is 4.79 Å². The number of aromatic nitrogens is 4. The van der Waals surface area contributed by atoms with Crippen molar-refractivity contribution in [1.82, 2.24) is 24.5 Å². The summed E-state index contributed by atoms with van der Waals surface area (Å²) in [6.45, 7) is 8.57. The number of fused-ring (bicyclic) bond motifs is 3. The smallest absolute Gasteiger partial charge is 0.263 e. The molecule has 4 rings (SSSR count). The fourth-order valence-corrected chi connectivity index (χ4v) is 4.19. The average molecular weight is 450 g/mol. The van der Waals surface area contributed by atoms with Gasteiger partial charge in [-0.3, -0.25) is 18.6 Å². The first-order chi connectivity index (χ1) is 15.3. The summed E-state index contributed by atoms with van der Waals surface area (Å²) in [5, 5.41) is 12.8. The Labute approximate surface area is 190 Å². The Morgan fingerprint density at radius 3 is 2.50 bits per heavy atom. The van der Waals surface area contributed by atoms with Gasteiger partial charge in [0.25, 0.3) is 5.56 Å². The molecule has 0 fully saturated rings. The van der Waals surface area contributed by atoms with E-state index in [2.05, 4.69) is 29.4 Å². The molecule has 1 amide bonds. The number of hydrogen-bond acceptors (Lipinski definition) is 5. The summed E-state index contributed by atoms with van der Waals surface area (Å²) in [6, 6.07) is 15.6. The van der Waals surface area contributed by atoms with Crippen molar-refractivity contribution in [3.8, 4) is 0 Å². The zero-order chi connectivity index (χ0) is 22.8. The fourth-order valence-electron chi connectivity index (χ4n) is 3.44. The van der Waals surface area contributed by atoms with Gasteiger partial charge >= 0.3 is 0 Å². The Morgan fingerprint density at radius 2 is 1.78 bits per heavy atom. The van der Waals surface area contributed by atoms with Crippen LogP contribution < -0.4 is 10.9 Å². The van der Waals surface area contributed by atoms with Crippen LogP contribution in [0.3, 0.4) is 0 Å². The lowest BCUT2D eigenvalue weighted by molar-refractivity contribution is -0.119. The van der Waals surface area contributed by atoms with Crippen LogP contribution >= 0.6 is 11.8 Å². The number of para-hydroxylation sites is 1. The molecule has 2 heterocycles. The van der Waals surface area contributed by atoms with Crippen molar-refractivity contribution in [2.75, 3.05) is 5.75 Å². The molecule has 0 radical (unpaired) electrons. The maximum atomic E-state index is 13.3. The number of benzene rings is 2. The lowest BCUT2D eigenvalue weighted by Crippen LogP contribution is -2.37. The predicted octanol–water partition coefficient (Wildman–Crippen LogP) is 3.65. The molecular weight excluding hydrogens is 422 g/mol. The second-order valence-electron chi connectivity index (χ2n) is 8.40. The van der Waals surface area contributed by atoms with Gasteiger partial charge < -0.3 is 5.32 Å². The molecule has 0 aliphatic heterocycles. The number of hydrogen-bond donors (Lipinski definition) is 1. The van der Waals surface area contributed by atoms with Crippen LogP contribution in [0.25, 0.3) is 16.7 Å². The molecule has 1 atom stereocenters. The molecule has 0 aliphatic rings. The van der Waals surface area contributed by atoms with Gasteiger partial charge in [0.1, 0.15) is 0 Å². The molecule has 0 saturated carbocycles. The Kier molecular flexibility index (Phi) is 6.32. The molecule has 2 aromatic carbocycles. The van der Waals surface area contributed by atoms with E-state index in [1.807, 2.05) is 66.8 Å². The third-order valence-corrected chi connectivity index (χ3v) is 6.59. The molecule has 0 aliphatic carbocycles. The first kappa shape index (κ1) is 22.1. The topological polar surface area (TPSA) is 81.3 Å². The molecule has 1 N–H and O–H groups in total. The van der Waals surface area contributed by atoms with Crippen LogP contribution in [0.4, 0.5) is 0 Å². The summed E-state index contributed by atoms with van der Waals surface area (Å²) in [5.74, 6) is 1.000. The molecule has 32 heavy (non-hydrogen) atoms. The van der Waals surface area contributed by atoms with Crippen molar-refractivity contribution in [1.29, 1.82) is 0 Å². The van der Waals surface area contributed by atoms with Crippen LogP contribution in [-0.2, 0) is 11.3 Å². The number of amides is 1. The highest BCUT2D eigenvalue weighted by Gasteiger charge is 2.18. The van der Waals surface area contributed by atoms with E-state index >= 15 is 0 Å². The summed E-state index contributed by atoms with van der Waals surface area (Å²) in [6.07, 6.45) is 0. The highest BCUT2D eigenvalue weighted by molar-refractivity contribution is 7.99. The molecule has 0 saturated heterocycles. The molecule has 166 valence electrons. The molecular formula is C24H27N5O2S. The van der Waals surface area contributed by atoms with E-state index < -0.39 is 0 Å². The van der Waals surface area contributed by atoms with Crippen molar-refractivity contribution in [2.24, 2.45) is 5.92 Å². The van der Waals surface area contributed by atoms with Crippen LogP contribution in [0, 0.1) is 12.8 Å². The maximum absolute atomic E-state index is 13.3. The summed E-state index contributed by atoms with van der Waals surface area (Å²) in [4.78, 5) is 25.7. The first-order valence-corrected chi connectivity index (χ1v) is 11.7. The van der Waals surface area contributed by atoms with Gasteiger partial charge in [-0.25, -0.2) is 0 Å². The van der Waals surface area contributed by atoms with Crippen LogP contribution in [0.15, 0.2) is 58.5 Å². The zero-order valence-electron chi connectivity index (χ0n) is 18.7. The van der Waals surface area contributed by atoms with Gasteiger partial charge in [0.2, 0.25) is 11.7 Å². The Hall–Kier alpha value is -3.13. The number of aryl methyl sites for hydroxylation is 1. The van der Waals surface area contributed by atoms with Crippen molar-refractivity contribution in [2.45, 2.75) is 45.4 Å². The van der Waals surface area contributed by atoms with Crippen molar-refractivity contribution in [3.63, 3.8) is 0 Å². The number of carbonyl (C=O) groups excluding carboxylic acids is 1. The van der Waals surface area contributed by atoms with E-state index in [4.69, 9.17) is 0 Å². The number of nitrogens with zero attached hydrogens (tertiary/aromatic N) is 4. The number of carbonyl (C=O) groups is 1. The predicted molar refractivity (Wildman–Crippen MR) is 128 cm³/mol. The van der Waals surface area contributed by atoms with Crippen molar-refractivity contribution in [3.05, 3.63) is 70.0 Å². The van der Waals surface area contributed by atoms with Crippen LogP contribution in [0.2, 0.25) is 0 Å². The van der Waals surface area contributed by atoms with Crippen LogP contribution in [-0.4, -0.2) is 36.9 Å². The van der Waals surface area contributed by atoms with Crippen molar-refractivity contribution >= 4 is 34.3 Å². The number of rotatable bonds is 7. The van der Waals surface area contributed by atoms with Gasteiger partial charge in [-0.2, -0.15) is 0 Å². The van der Waals surface area contributed by atoms with Gasteiger partial charge in [0.15, 0.2) is 5.16 Å². The van der Waals surface area contributed by atoms with E-state index in [9.17, 15) is 9.59 Å². The summed E-state index contributed by atoms with van der Waals surface area (Å²) in [5.41, 5.74) is 2.79. The second-order valence-corrected chi connectivity index (χ2v) is 9.34. The third kappa shape index (κ3) is 4.41. The number of thioether (sulfide) groups is 1. The summed E-state index contributed by atoms with van der Waals surface area (Å²) in [7, 11) is 0. The molecule has 8 heteroatoms. The standard InChI is InChI=1S/C24H27N5O2S/c1-15(2)17(4)25-21(30)14-32-24-27-26-23-28(13-18-11-9-16(3)10-12-18)22(31)19-7-5-6-8-20(19)29(23)24/h5-12,15,17H,13-14H2,1-4H3,(H,25,30). The second kappa shape index (κ2) is 9.16. The zero-order valence-corrected chi connectivity index (χ0v) is 19.5. The van der Waals surface area contributed by atoms with Gasteiger partial charge in [-0.15, -0.1) is 10.2 Å². The van der Waals surface area contributed by atoms with E-state index in [-0.39, 0.29) is 23.3 Å². The molecule has 4 aromatic rings.